The van der Waals surface area contributed by atoms with Gasteiger partial charge in [-0.15, -0.1) is 0 Å². The van der Waals surface area contributed by atoms with Crippen LogP contribution < -0.4 is 0 Å². The minimum Gasteiger partial charge on any atom is -0.462 e. The number of hydrogen-bond acceptors (Lipinski definition) is 15. The molecule has 0 aromatic rings. The number of hydrogen-bond donors (Lipinski definition) is 3. The van der Waals surface area contributed by atoms with Crippen LogP contribution in [0.4, 0.5) is 0 Å². The number of unbranched alkanes of at least 4 members (excludes halogenated alkanes) is 38. The molecule has 0 saturated carbocycles. The summed E-state index contributed by atoms with van der Waals surface area (Å²) in [7, 11) is -9.92. The molecule has 0 heterocycles. The zero-order valence-electron chi connectivity index (χ0n) is 63.0. The highest BCUT2D eigenvalue weighted by molar-refractivity contribution is 7.47. The zero-order valence-corrected chi connectivity index (χ0v) is 64.8. The number of rotatable bonds is 74. The van der Waals surface area contributed by atoms with Crippen LogP contribution in [0.5, 0.6) is 0 Å². The van der Waals surface area contributed by atoms with E-state index < -0.39 is 97.5 Å². The highest BCUT2D eigenvalue weighted by Crippen LogP contribution is 2.45. The molecule has 3 N–H and O–H groups in total. The Bertz CT molecular complexity index is 1890. The van der Waals surface area contributed by atoms with Gasteiger partial charge in [-0.3, -0.25) is 37.3 Å². The van der Waals surface area contributed by atoms with Gasteiger partial charge in [-0.1, -0.05) is 338 Å². The highest BCUT2D eigenvalue weighted by atomic mass is 31.2. The van der Waals surface area contributed by atoms with Crippen LogP contribution in [0.3, 0.4) is 0 Å². The number of aliphatic hydroxyl groups excluding tert-OH is 1. The molecule has 0 radical (unpaired) electrons. The normalized spacial score (nSPS) is 14.7. The van der Waals surface area contributed by atoms with E-state index in [2.05, 4.69) is 55.4 Å². The van der Waals surface area contributed by atoms with Crippen LogP contribution in [-0.4, -0.2) is 96.7 Å². The van der Waals surface area contributed by atoms with Gasteiger partial charge in [0.1, 0.15) is 19.3 Å². The minimum absolute atomic E-state index is 0.104. The van der Waals surface area contributed by atoms with E-state index in [1.54, 1.807) is 0 Å². The predicted molar refractivity (Wildman–Crippen MR) is 391 cm³/mol. The quantitative estimate of drug-likeness (QED) is 0.0222. The lowest BCUT2D eigenvalue weighted by Gasteiger charge is -2.21. The van der Waals surface area contributed by atoms with E-state index in [-0.39, 0.29) is 25.7 Å². The third-order valence-corrected chi connectivity index (χ3v) is 20.4. The second-order valence-electron chi connectivity index (χ2n) is 29.2. The van der Waals surface area contributed by atoms with Gasteiger partial charge in [-0.25, -0.2) is 9.13 Å². The fourth-order valence-corrected chi connectivity index (χ4v) is 13.2. The predicted octanol–water partition coefficient (Wildman–Crippen LogP) is 22.4. The smallest absolute Gasteiger partial charge is 0.462 e. The molecule has 4 unspecified atom stereocenters. The number of aliphatic hydroxyl groups is 1. The molecule has 0 fully saturated rings. The Morgan fingerprint density at radius 1 is 0.292 bits per heavy atom. The van der Waals surface area contributed by atoms with E-state index in [4.69, 9.17) is 37.0 Å². The molecule has 17 nitrogen and oxygen atoms in total. The van der Waals surface area contributed by atoms with Crippen LogP contribution in [0.1, 0.15) is 389 Å². The SMILES string of the molecule is CCC(C)CCCCCCCCCCC(=O)O[C@H](COC(=O)CCCCCCCCC(C)CC)COP(=O)(O)OC[C@H](O)COP(=O)(O)OC[C@@H](COC(=O)CCCCCCCCCCCCCCCCC(C)C)OC(=O)CCCCCCCCCCCCCCCCC(C)C. The lowest BCUT2D eigenvalue weighted by atomic mass is 9.99. The Hall–Kier alpha value is -1.94. The highest BCUT2D eigenvalue weighted by Gasteiger charge is 2.30. The van der Waals surface area contributed by atoms with Crippen LogP contribution in [0.2, 0.25) is 0 Å². The summed E-state index contributed by atoms with van der Waals surface area (Å²) in [5.41, 5.74) is 0. The van der Waals surface area contributed by atoms with Crippen LogP contribution in [-0.2, 0) is 65.4 Å². The summed E-state index contributed by atoms with van der Waals surface area (Å²) in [6, 6.07) is 0. The van der Waals surface area contributed by atoms with Crippen LogP contribution in [0.15, 0.2) is 0 Å². The van der Waals surface area contributed by atoms with Gasteiger partial charge < -0.3 is 33.8 Å². The zero-order chi connectivity index (χ0) is 71.0. The average molecular weight is 1410 g/mol. The molecule has 0 rings (SSSR count). The van der Waals surface area contributed by atoms with Gasteiger partial charge in [0.15, 0.2) is 12.2 Å². The maximum absolute atomic E-state index is 13.1. The second-order valence-corrected chi connectivity index (χ2v) is 32.1. The van der Waals surface area contributed by atoms with Gasteiger partial charge in [-0.05, 0) is 49.4 Å². The Kier molecular flexibility index (Phi) is 65.0. The molecule has 0 amide bonds. The summed E-state index contributed by atoms with van der Waals surface area (Å²) < 4.78 is 68.6. The van der Waals surface area contributed by atoms with Crippen molar-refractivity contribution in [3.63, 3.8) is 0 Å². The molecule has 0 aliphatic carbocycles. The Balaban J connectivity index is 5.25. The molecule has 19 heteroatoms. The van der Waals surface area contributed by atoms with E-state index in [1.165, 1.54) is 186 Å². The van der Waals surface area contributed by atoms with Crippen LogP contribution in [0, 0.1) is 23.7 Å². The molecule has 0 aliphatic heterocycles. The van der Waals surface area contributed by atoms with Crippen molar-refractivity contribution in [1.82, 2.24) is 0 Å². The van der Waals surface area contributed by atoms with E-state index in [9.17, 15) is 43.2 Å². The summed E-state index contributed by atoms with van der Waals surface area (Å²) in [6.45, 7) is 14.2. The lowest BCUT2D eigenvalue weighted by molar-refractivity contribution is -0.161. The van der Waals surface area contributed by atoms with Crippen molar-refractivity contribution >= 4 is 39.5 Å². The first-order valence-electron chi connectivity index (χ1n) is 39.8. The lowest BCUT2D eigenvalue weighted by Crippen LogP contribution is -2.30. The first-order chi connectivity index (χ1) is 46.2. The third kappa shape index (κ3) is 67.9. The number of phosphoric acid groups is 2. The molecule has 0 aromatic carbocycles. The molecule has 0 saturated heterocycles. The third-order valence-electron chi connectivity index (χ3n) is 18.5. The van der Waals surface area contributed by atoms with Gasteiger partial charge in [0.25, 0.3) is 0 Å². The van der Waals surface area contributed by atoms with E-state index in [0.717, 1.165) is 120 Å². The summed E-state index contributed by atoms with van der Waals surface area (Å²) >= 11 is 0. The molecule has 7 atom stereocenters. The molecule has 0 aromatic heterocycles. The number of carbonyl (C=O) groups excluding carboxylic acids is 4. The number of carbonyl (C=O) groups is 4. The monoisotopic (exact) mass is 1410 g/mol. The number of phosphoric ester groups is 2. The summed E-state index contributed by atoms with van der Waals surface area (Å²) in [4.78, 5) is 72.9. The van der Waals surface area contributed by atoms with Crippen molar-refractivity contribution in [3.05, 3.63) is 0 Å². The molecule has 96 heavy (non-hydrogen) atoms. The second kappa shape index (κ2) is 66.3. The standard InChI is InChI=1S/C77H150O17P2/c1-9-69(7)55-47-39-31-27-28-34-44-52-60-77(82)94-73(64-88-75(80)58-50-42-36-35-40-48-56-70(8)10-2)66-92-96(85,86)90-62-71(78)61-89-95(83,84)91-65-72(93-76(81)59-51-43-33-26-22-18-14-12-16-20-24-30-38-46-54-68(5)6)63-87-74(79)57-49-41-32-25-21-17-13-11-15-19-23-29-37-45-53-67(3)4/h67-73,78H,9-66H2,1-8H3,(H,83,84)(H,85,86)/t69?,70?,71-,72-,73-/m1/s1. The maximum Gasteiger partial charge on any atom is 0.472 e. The first kappa shape index (κ1) is 94.1. The maximum atomic E-state index is 13.1. The summed E-state index contributed by atoms with van der Waals surface area (Å²) in [5, 5.41) is 10.6. The van der Waals surface area contributed by atoms with E-state index in [0.29, 0.717) is 25.7 Å². The first-order valence-corrected chi connectivity index (χ1v) is 42.8. The molecule has 0 spiro atoms. The van der Waals surface area contributed by atoms with Gasteiger partial charge in [0.2, 0.25) is 0 Å². The van der Waals surface area contributed by atoms with E-state index >= 15 is 0 Å². The largest absolute Gasteiger partial charge is 0.472 e. The summed E-state index contributed by atoms with van der Waals surface area (Å²) in [6.07, 6.45) is 51.3. The Labute approximate surface area is 588 Å². The van der Waals surface area contributed by atoms with Gasteiger partial charge in [-0.2, -0.15) is 0 Å². The summed E-state index contributed by atoms with van der Waals surface area (Å²) in [5.74, 6) is 0.973. The number of esters is 4. The van der Waals surface area contributed by atoms with Gasteiger partial charge >= 0.3 is 39.5 Å². The van der Waals surface area contributed by atoms with Crippen LogP contribution in [0.25, 0.3) is 0 Å². The Morgan fingerprint density at radius 3 is 0.740 bits per heavy atom. The fourth-order valence-electron chi connectivity index (χ4n) is 11.7. The van der Waals surface area contributed by atoms with Crippen molar-refractivity contribution in [2.45, 2.75) is 408 Å². The average Bonchev–Trinajstić information content (AvgIpc) is 1.21. The molecule has 0 bridgehead atoms. The van der Waals surface area contributed by atoms with Gasteiger partial charge in [0, 0.05) is 25.7 Å². The van der Waals surface area contributed by atoms with Gasteiger partial charge in [0.05, 0.1) is 26.4 Å². The van der Waals surface area contributed by atoms with Crippen molar-refractivity contribution in [3.8, 4) is 0 Å². The van der Waals surface area contributed by atoms with Crippen molar-refractivity contribution in [2.24, 2.45) is 23.7 Å². The fraction of sp³-hybridized carbons (Fsp3) is 0.948. The van der Waals surface area contributed by atoms with E-state index in [1.807, 2.05) is 0 Å². The molecule has 570 valence electrons. The van der Waals surface area contributed by atoms with Crippen molar-refractivity contribution in [2.75, 3.05) is 39.6 Å². The molecular weight excluding hydrogens is 1260 g/mol. The minimum atomic E-state index is -4.96. The van der Waals surface area contributed by atoms with Crippen molar-refractivity contribution < 1.29 is 80.2 Å². The Morgan fingerprint density at radius 2 is 0.500 bits per heavy atom. The molecule has 0 aliphatic rings. The van der Waals surface area contributed by atoms with Crippen LogP contribution >= 0.6 is 15.6 Å². The topological polar surface area (TPSA) is 237 Å². The van der Waals surface area contributed by atoms with Crippen molar-refractivity contribution in [1.29, 1.82) is 0 Å². The molecular formula is C77H150O17P2. The number of ether oxygens (including phenoxy) is 4.